The highest BCUT2D eigenvalue weighted by molar-refractivity contribution is 8.44. The minimum Gasteiger partial charge on any atom is -0.382 e. The Bertz CT molecular complexity index is 1860. The minimum atomic E-state index is -4.26. The fourth-order valence-corrected chi connectivity index (χ4v) is 8.22. The molecule has 23 heteroatoms. The number of anilines is 1. The molecule has 0 saturated carbocycles. The number of nitrogens with zero attached hydrogens (tertiary/aromatic N) is 6. The monoisotopic (exact) mass is 678 g/mol. The van der Waals surface area contributed by atoms with E-state index >= 15 is 4.39 Å². The predicted octanol–water partition coefficient (Wildman–Crippen LogP) is 1.38. The number of nitrogens with one attached hydrogen (secondary N) is 2. The molecule has 0 aromatic carbocycles. The highest BCUT2D eigenvalue weighted by Gasteiger charge is 2.52. The number of hydrogen-bond donors (Lipinski definition) is 5. The predicted molar refractivity (Wildman–Crippen MR) is 149 cm³/mol. The number of thiol groups is 2. The molecule has 43 heavy (non-hydrogen) atoms. The molecule has 4 aromatic heterocycles. The second kappa shape index (κ2) is 10.9. The third-order valence-electron chi connectivity index (χ3n) is 7.17. The third kappa shape index (κ3) is 5.41. The van der Waals surface area contributed by atoms with Crippen LogP contribution < -0.4 is 15.9 Å². The van der Waals surface area contributed by atoms with Gasteiger partial charge in [0, 0.05) is 6.42 Å². The zero-order chi connectivity index (χ0) is 30.1. The summed E-state index contributed by atoms with van der Waals surface area (Å²) in [5.74, 6) is 0.0765. The van der Waals surface area contributed by atoms with Crippen LogP contribution in [0.15, 0.2) is 30.1 Å². The number of ether oxygens (including phenoxy) is 2. The van der Waals surface area contributed by atoms with E-state index in [0.717, 1.165) is 0 Å². The van der Waals surface area contributed by atoms with Gasteiger partial charge in [0.15, 0.2) is 42.7 Å². The molecule has 2 unspecified atom stereocenters. The number of alkyl halides is 1. The maximum Gasteiger partial charge on any atom is 0.386 e. The van der Waals surface area contributed by atoms with Gasteiger partial charge >= 0.3 is 19.2 Å². The van der Waals surface area contributed by atoms with E-state index in [1.807, 2.05) is 0 Å². The van der Waals surface area contributed by atoms with Crippen molar-refractivity contribution in [2.24, 2.45) is 0 Å². The number of nitrogens with two attached hydrogens (primary N) is 1. The first-order valence-corrected chi connectivity index (χ1v) is 18.0. The highest BCUT2D eigenvalue weighted by atomic mass is 32.7. The van der Waals surface area contributed by atoms with Gasteiger partial charge in [0.1, 0.15) is 36.3 Å². The number of nitrogen functional groups attached to an aromatic ring is 1. The molecule has 0 spiro atoms. The number of H-pyrrole nitrogens is 2. The topological polar surface area (TPSA) is 225 Å². The molecule has 4 aromatic rings. The molecule has 18 nitrogen and oxygen atoms in total. The second-order valence-corrected chi connectivity index (χ2v) is 15.6. The van der Waals surface area contributed by atoms with Crippen molar-refractivity contribution in [1.29, 1.82) is 0 Å². The summed E-state index contributed by atoms with van der Waals surface area (Å²) in [6, 6.07) is 0. The normalized spacial score (nSPS) is 37.1. The van der Waals surface area contributed by atoms with Gasteiger partial charge in [-0.15, -0.1) is 0 Å². The number of rotatable bonds is 2. The van der Waals surface area contributed by atoms with Crippen LogP contribution in [0.5, 0.6) is 0 Å². The molecule has 3 fully saturated rings. The van der Waals surface area contributed by atoms with Crippen LogP contribution in [0.4, 0.5) is 10.2 Å². The number of aromatic nitrogens is 8. The first-order valence-electron chi connectivity index (χ1n) is 12.6. The van der Waals surface area contributed by atoms with Gasteiger partial charge in [-0.1, -0.05) is 29.5 Å². The van der Waals surface area contributed by atoms with E-state index in [4.69, 9.17) is 33.3 Å². The molecule has 3 aliphatic heterocycles. The standard InChI is InChI=1S/C20H22FN9O9P2S2/c21-12-15-10(37-20(12)30-7-27-13-16(22)23-4-24-17(13)30)3-35-40(32,42)38-8-1-11(36-9(8)2-34-41(33,43)39-15)29-6-28-14-18(29)25-5-26-19(14)31/h4-12,15,20H,1-3H2,(H5,22,23,24,25,26,31,32,33,42,43)/p+1/t8-,9+,10+,11+,12+,15+,20+,40?,41?/m0/s1. The summed E-state index contributed by atoms with van der Waals surface area (Å²) in [6.45, 7) is -9.34. The molecule has 7 heterocycles. The van der Waals surface area contributed by atoms with Crippen molar-refractivity contribution in [3.63, 3.8) is 0 Å². The lowest BCUT2D eigenvalue weighted by atomic mass is 10.1. The first-order chi connectivity index (χ1) is 20.5. The smallest absolute Gasteiger partial charge is 0.382 e. The fraction of sp³-hybridized carbons (Fsp3) is 0.500. The Labute approximate surface area is 250 Å². The third-order valence-corrected chi connectivity index (χ3v) is 10.4. The lowest BCUT2D eigenvalue weighted by molar-refractivity contribution is -0.738. The van der Waals surface area contributed by atoms with E-state index in [1.165, 1.54) is 29.9 Å². The second-order valence-electron chi connectivity index (χ2n) is 9.81. The molecular weight excluding hydrogens is 655 g/mol. The Morgan fingerprint density at radius 1 is 1.02 bits per heavy atom. The number of hydrogen-bond acceptors (Lipinski definition) is 14. The summed E-state index contributed by atoms with van der Waals surface area (Å²) in [7, 11) is 0. The Morgan fingerprint density at radius 3 is 2.60 bits per heavy atom. The zero-order valence-electron chi connectivity index (χ0n) is 21.6. The molecule has 0 amide bonds. The molecule has 0 bridgehead atoms. The molecule has 9 atom stereocenters. The number of imidazole rings is 2. The van der Waals surface area contributed by atoms with Gasteiger partial charge < -0.3 is 15.2 Å². The van der Waals surface area contributed by atoms with Gasteiger partial charge in [0.2, 0.25) is 5.52 Å². The lowest BCUT2D eigenvalue weighted by Crippen LogP contribution is -2.39. The summed E-state index contributed by atoms with van der Waals surface area (Å²) in [6.07, 6.45) is -3.64. The zero-order valence-corrected chi connectivity index (χ0v) is 25.2. The largest absolute Gasteiger partial charge is 0.386 e. The average Bonchev–Trinajstić information content (AvgIpc) is 3.72. The summed E-state index contributed by atoms with van der Waals surface area (Å²) >= 11 is 8.16. The van der Waals surface area contributed by atoms with Gasteiger partial charge in [-0.25, -0.2) is 33.0 Å². The molecule has 0 aliphatic carbocycles. The maximum atomic E-state index is 15.9. The minimum absolute atomic E-state index is 0.0765. The van der Waals surface area contributed by atoms with E-state index in [1.54, 1.807) is 4.57 Å². The van der Waals surface area contributed by atoms with Gasteiger partial charge in [0.05, 0.1) is 19.5 Å². The van der Waals surface area contributed by atoms with Crippen LogP contribution in [0, 0.1) is 0 Å². The summed E-state index contributed by atoms with van der Waals surface area (Å²) in [5, 5.41) is 0. The van der Waals surface area contributed by atoms with Crippen LogP contribution in [-0.2, 0) is 36.7 Å². The van der Waals surface area contributed by atoms with Crippen molar-refractivity contribution in [2.75, 3.05) is 18.9 Å². The van der Waals surface area contributed by atoms with Crippen molar-refractivity contribution >= 4 is 66.2 Å². The van der Waals surface area contributed by atoms with Crippen LogP contribution >= 0.6 is 38.1 Å². The number of halogens is 1. The first kappa shape index (κ1) is 29.3. The van der Waals surface area contributed by atoms with Gasteiger partial charge in [-0.2, -0.15) is 0 Å². The molecular formula is C20H23FN9O9P2S2+. The molecule has 0 radical (unpaired) electrons. The van der Waals surface area contributed by atoms with E-state index in [-0.39, 0.29) is 34.6 Å². The van der Waals surface area contributed by atoms with E-state index in [0.29, 0.717) is 0 Å². The molecule has 230 valence electrons. The van der Waals surface area contributed by atoms with Gasteiger partial charge in [-0.3, -0.25) is 37.4 Å². The van der Waals surface area contributed by atoms with E-state index in [9.17, 15) is 13.9 Å². The Hall–Kier alpha value is -2.45. The van der Waals surface area contributed by atoms with Crippen LogP contribution in [0.25, 0.3) is 22.3 Å². The quantitative estimate of drug-likeness (QED) is 0.115. The number of aromatic amines is 2. The lowest BCUT2D eigenvalue weighted by Gasteiger charge is -2.27. The van der Waals surface area contributed by atoms with Crippen molar-refractivity contribution in [1.82, 2.24) is 34.5 Å². The van der Waals surface area contributed by atoms with Crippen molar-refractivity contribution in [3.8, 4) is 0 Å². The average molecular weight is 679 g/mol. The summed E-state index contributed by atoms with van der Waals surface area (Å²) in [5.41, 5.74) is 6.34. The van der Waals surface area contributed by atoms with Gasteiger partial charge in [-0.05, 0) is 0 Å². The van der Waals surface area contributed by atoms with Crippen LogP contribution in [0.3, 0.4) is 0 Å². The molecule has 4 N–H and O–H groups in total. The molecule has 3 aliphatic rings. The Morgan fingerprint density at radius 2 is 1.79 bits per heavy atom. The summed E-state index contributed by atoms with van der Waals surface area (Å²) < 4.78 is 79.6. The van der Waals surface area contributed by atoms with E-state index in [2.05, 4.69) is 54.4 Å². The SMILES string of the molecule is Nc1ncnc2c1ncn2[C@@H]1O[C@@H]2COP(=O)(S)O[C@H]3C[C@H]([n+]4c[nH]c5c(=O)[nH]cnc54)O[C@@H]3COP(=O)(S)O[C@H]2[C@H]1F. The highest BCUT2D eigenvalue weighted by Crippen LogP contribution is 2.60. The fourth-order valence-electron chi connectivity index (χ4n) is 5.22. The van der Waals surface area contributed by atoms with Crippen LogP contribution in [0.2, 0.25) is 0 Å². The number of fused-ring (bicyclic) bond motifs is 4. The van der Waals surface area contributed by atoms with Crippen LogP contribution in [0.1, 0.15) is 18.9 Å². The van der Waals surface area contributed by atoms with Gasteiger partial charge in [0.25, 0.3) is 5.56 Å². The Balaban J connectivity index is 1.15. The summed E-state index contributed by atoms with van der Waals surface area (Å²) in [4.78, 5) is 33.7. The van der Waals surface area contributed by atoms with E-state index < -0.39 is 75.4 Å². The van der Waals surface area contributed by atoms with Crippen molar-refractivity contribution < 1.29 is 45.7 Å². The van der Waals surface area contributed by atoms with Crippen LogP contribution in [-0.4, -0.2) is 78.3 Å². The van der Waals surface area contributed by atoms with Crippen molar-refractivity contribution in [2.45, 2.75) is 49.5 Å². The molecule has 3 saturated heterocycles. The van der Waals surface area contributed by atoms with Crippen molar-refractivity contribution in [3.05, 3.63) is 35.7 Å². The molecule has 7 rings (SSSR count). The maximum absolute atomic E-state index is 15.9. The Kier molecular flexibility index (Phi) is 7.40.